The minimum Gasteiger partial charge on any atom is -0.457 e. The lowest BCUT2D eigenvalue weighted by Crippen LogP contribution is -2.42. The number of ether oxygens (including phenoxy) is 1. The van der Waals surface area contributed by atoms with E-state index in [4.69, 9.17) is 4.74 Å². The predicted octanol–water partition coefficient (Wildman–Crippen LogP) is 3.48. The molecule has 26 heavy (non-hydrogen) atoms. The number of amides is 2. The van der Waals surface area contributed by atoms with Crippen molar-refractivity contribution in [3.05, 3.63) is 96.1 Å². The van der Waals surface area contributed by atoms with Gasteiger partial charge in [-0.05, 0) is 29.8 Å². The molecule has 0 aromatic heterocycles. The summed E-state index contributed by atoms with van der Waals surface area (Å²) in [5, 5.41) is 0. The Morgan fingerprint density at radius 3 is 2.08 bits per heavy atom. The highest BCUT2D eigenvalue weighted by Gasteiger charge is 2.13. The Morgan fingerprint density at radius 2 is 1.35 bits per heavy atom. The van der Waals surface area contributed by atoms with Gasteiger partial charge in [-0.15, -0.1) is 0 Å². The molecule has 0 saturated carbocycles. The number of para-hydroxylation sites is 2. The number of carbonyl (C=O) groups excluding carboxylic acids is 2. The van der Waals surface area contributed by atoms with Gasteiger partial charge in [0.05, 0.1) is 12.0 Å². The first-order valence-corrected chi connectivity index (χ1v) is 8.17. The molecule has 0 radical (unpaired) electrons. The SMILES string of the molecule is O=C(Cc1ccccc1)NNC(=O)c1ccccc1Oc1ccccc1. The second kappa shape index (κ2) is 8.48. The Hall–Kier alpha value is -3.60. The average molecular weight is 346 g/mol. The summed E-state index contributed by atoms with van der Waals surface area (Å²) in [4.78, 5) is 24.4. The van der Waals surface area contributed by atoms with Gasteiger partial charge < -0.3 is 4.74 Å². The molecule has 5 heteroatoms. The van der Waals surface area contributed by atoms with Crippen molar-refractivity contribution >= 4 is 11.8 Å². The summed E-state index contributed by atoms with van der Waals surface area (Å²) in [6.45, 7) is 0. The van der Waals surface area contributed by atoms with E-state index in [2.05, 4.69) is 10.9 Å². The zero-order chi connectivity index (χ0) is 18.2. The summed E-state index contributed by atoms with van der Waals surface area (Å²) in [5.74, 6) is 0.290. The van der Waals surface area contributed by atoms with E-state index >= 15 is 0 Å². The molecular weight excluding hydrogens is 328 g/mol. The van der Waals surface area contributed by atoms with Gasteiger partial charge >= 0.3 is 0 Å². The Balaban J connectivity index is 1.62. The molecule has 0 aliphatic carbocycles. The molecule has 2 amide bonds. The van der Waals surface area contributed by atoms with E-state index in [1.807, 2.05) is 48.5 Å². The van der Waals surface area contributed by atoms with E-state index in [-0.39, 0.29) is 12.3 Å². The van der Waals surface area contributed by atoms with Crippen molar-refractivity contribution in [2.45, 2.75) is 6.42 Å². The third-order valence-corrected chi connectivity index (χ3v) is 3.63. The number of hydrogen-bond acceptors (Lipinski definition) is 3. The van der Waals surface area contributed by atoms with Gasteiger partial charge in [-0.25, -0.2) is 0 Å². The monoisotopic (exact) mass is 346 g/mol. The van der Waals surface area contributed by atoms with Crippen molar-refractivity contribution in [3.63, 3.8) is 0 Å². The zero-order valence-electron chi connectivity index (χ0n) is 14.0. The molecule has 0 atom stereocenters. The summed E-state index contributed by atoms with van der Waals surface area (Å²) in [6, 6.07) is 25.3. The molecule has 0 fully saturated rings. The minimum absolute atomic E-state index is 0.184. The Kier molecular flexibility index (Phi) is 5.62. The Bertz CT molecular complexity index is 880. The molecule has 5 nitrogen and oxygen atoms in total. The van der Waals surface area contributed by atoms with Crippen molar-refractivity contribution in [2.75, 3.05) is 0 Å². The van der Waals surface area contributed by atoms with Crippen molar-refractivity contribution in [1.82, 2.24) is 10.9 Å². The van der Waals surface area contributed by atoms with Gasteiger partial charge in [0.25, 0.3) is 5.91 Å². The highest BCUT2D eigenvalue weighted by Crippen LogP contribution is 2.24. The van der Waals surface area contributed by atoms with Crippen LogP contribution in [0, 0.1) is 0 Å². The van der Waals surface area contributed by atoms with E-state index in [9.17, 15) is 9.59 Å². The fourth-order valence-electron chi connectivity index (χ4n) is 2.38. The summed E-state index contributed by atoms with van der Waals surface area (Å²) < 4.78 is 5.76. The van der Waals surface area contributed by atoms with Gasteiger partial charge in [0.2, 0.25) is 5.91 Å². The highest BCUT2D eigenvalue weighted by molar-refractivity contribution is 5.98. The summed E-state index contributed by atoms with van der Waals surface area (Å²) in [6.07, 6.45) is 0.184. The van der Waals surface area contributed by atoms with Crippen LogP contribution in [0.15, 0.2) is 84.9 Å². The largest absolute Gasteiger partial charge is 0.457 e. The molecule has 0 aliphatic rings. The molecule has 0 spiro atoms. The number of rotatable bonds is 5. The summed E-state index contributed by atoms with van der Waals surface area (Å²) in [7, 11) is 0. The fourth-order valence-corrected chi connectivity index (χ4v) is 2.38. The van der Waals surface area contributed by atoms with Crippen LogP contribution in [-0.2, 0) is 11.2 Å². The number of nitrogens with one attached hydrogen (secondary N) is 2. The maximum Gasteiger partial charge on any atom is 0.273 e. The first kappa shape index (κ1) is 17.2. The number of carbonyl (C=O) groups is 2. The van der Waals surface area contributed by atoms with E-state index in [0.29, 0.717) is 17.1 Å². The standard InChI is InChI=1S/C21H18N2O3/c24-20(15-16-9-3-1-4-10-16)22-23-21(25)18-13-7-8-14-19(18)26-17-11-5-2-6-12-17/h1-14H,15H2,(H,22,24)(H,23,25). The van der Waals surface area contributed by atoms with Crippen LogP contribution in [0.3, 0.4) is 0 Å². The van der Waals surface area contributed by atoms with Crippen LogP contribution in [0.5, 0.6) is 11.5 Å². The third-order valence-electron chi connectivity index (χ3n) is 3.63. The van der Waals surface area contributed by atoms with Crippen molar-refractivity contribution in [3.8, 4) is 11.5 Å². The van der Waals surface area contributed by atoms with E-state index in [1.54, 1.807) is 36.4 Å². The normalized spacial score (nSPS) is 10.0. The van der Waals surface area contributed by atoms with Gasteiger partial charge in [-0.1, -0.05) is 60.7 Å². The smallest absolute Gasteiger partial charge is 0.273 e. The van der Waals surface area contributed by atoms with E-state index in [1.165, 1.54) is 0 Å². The zero-order valence-corrected chi connectivity index (χ0v) is 14.0. The molecule has 2 N–H and O–H groups in total. The quantitative estimate of drug-likeness (QED) is 0.695. The van der Waals surface area contributed by atoms with E-state index in [0.717, 1.165) is 5.56 Å². The third kappa shape index (κ3) is 4.70. The summed E-state index contributed by atoms with van der Waals surface area (Å²) >= 11 is 0. The van der Waals surface area contributed by atoms with Crippen LogP contribution < -0.4 is 15.6 Å². The molecular formula is C21H18N2O3. The van der Waals surface area contributed by atoms with Crippen molar-refractivity contribution < 1.29 is 14.3 Å². The highest BCUT2D eigenvalue weighted by atomic mass is 16.5. The Labute approximate surface area is 151 Å². The van der Waals surface area contributed by atoms with Gasteiger partial charge in [0, 0.05) is 0 Å². The van der Waals surface area contributed by atoms with Crippen molar-refractivity contribution in [1.29, 1.82) is 0 Å². The topological polar surface area (TPSA) is 67.4 Å². The number of hydrazine groups is 1. The fraction of sp³-hybridized carbons (Fsp3) is 0.0476. The lowest BCUT2D eigenvalue weighted by molar-refractivity contribution is -0.121. The van der Waals surface area contributed by atoms with Gasteiger partial charge in [0.15, 0.2) is 0 Å². The first-order valence-electron chi connectivity index (χ1n) is 8.17. The second-order valence-electron chi connectivity index (χ2n) is 5.58. The maximum absolute atomic E-state index is 12.4. The molecule has 0 unspecified atom stereocenters. The molecule has 0 bridgehead atoms. The molecule has 3 aromatic rings. The van der Waals surface area contributed by atoms with Crippen LogP contribution >= 0.6 is 0 Å². The van der Waals surface area contributed by atoms with Crippen LogP contribution in [0.2, 0.25) is 0 Å². The van der Waals surface area contributed by atoms with Crippen LogP contribution in [-0.4, -0.2) is 11.8 Å². The number of hydrogen-bond donors (Lipinski definition) is 2. The predicted molar refractivity (Wildman–Crippen MR) is 98.7 cm³/mol. The second-order valence-corrected chi connectivity index (χ2v) is 5.58. The lowest BCUT2D eigenvalue weighted by Gasteiger charge is -2.12. The maximum atomic E-state index is 12.4. The van der Waals surface area contributed by atoms with Crippen LogP contribution in [0.4, 0.5) is 0 Å². The molecule has 0 heterocycles. The average Bonchev–Trinajstić information content (AvgIpc) is 2.68. The van der Waals surface area contributed by atoms with Crippen molar-refractivity contribution in [2.24, 2.45) is 0 Å². The Morgan fingerprint density at radius 1 is 0.731 bits per heavy atom. The van der Waals surface area contributed by atoms with Gasteiger partial charge in [-0.3, -0.25) is 20.4 Å². The number of benzene rings is 3. The molecule has 0 saturated heterocycles. The van der Waals surface area contributed by atoms with E-state index < -0.39 is 5.91 Å². The lowest BCUT2D eigenvalue weighted by atomic mass is 10.1. The van der Waals surface area contributed by atoms with Gasteiger partial charge in [-0.2, -0.15) is 0 Å². The molecule has 3 aromatic carbocycles. The first-order chi connectivity index (χ1) is 12.7. The molecule has 3 rings (SSSR count). The minimum atomic E-state index is -0.446. The molecule has 0 aliphatic heterocycles. The van der Waals surface area contributed by atoms with Crippen LogP contribution in [0.25, 0.3) is 0 Å². The van der Waals surface area contributed by atoms with Gasteiger partial charge in [0.1, 0.15) is 11.5 Å². The summed E-state index contributed by atoms with van der Waals surface area (Å²) in [5.41, 5.74) is 6.05. The van der Waals surface area contributed by atoms with Crippen LogP contribution in [0.1, 0.15) is 15.9 Å². The molecule has 130 valence electrons.